The number of aromatic hydroxyl groups is 1. The molecule has 0 bridgehead atoms. The van der Waals surface area contributed by atoms with Crippen molar-refractivity contribution in [3.63, 3.8) is 0 Å². The van der Waals surface area contributed by atoms with E-state index < -0.39 is 17.5 Å². The molecule has 0 saturated heterocycles. The summed E-state index contributed by atoms with van der Waals surface area (Å²) in [5, 5.41) is 9.30. The summed E-state index contributed by atoms with van der Waals surface area (Å²) < 4.78 is 37.6. The number of hydrogen-bond acceptors (Lipinski definition) is 2. The fourth-order valence-electron chi connectivity index (χ4n) is 1.48. The van der Waals surface area contributed by atoms with Crippen LogP contribution in [-0.4, -0.2) is 10.1 Å². The summed E-state index contributed by atoms with van der Waals surface area (Å²) >= 11 is 0. The topological polar surface area (TPSA) is 33.1 Å². The molecule has 1 aromatic carbocycles. The molecule has 0 atom stereocenters. The zero-order valence-electron chi connectivity index (χ0n) is 8.57. The smallest absolute Gasteiger partial charge is 0.416 e. The number of hydrogen-bond donors (Lipinski definition) is 1. The molecule has 2 aromatic rings. The average molecular weight is 239 g/mol. The van der Waals surface area contributed by atoms with Crippen molar-refractivity contribution in [2.75, 3.05) is 0 Å². The maximum Gasteiger partial charge on any atom is 0.416 e. The first-order valence-corrected chi connectivity index (χ1v) is 4.78. The Labute approximate surface area is 95.4 Å². The molecule has 88 valence electrons. The Kier molecular flexibility index (Phi) is 2.75. The van der Waals surface area contributed by atoms with Gasteiger partial charge in [-0.3, -0.25) is 4.98 Å². The van der Waals surface area contributed by atoms with E-state index in [4.69, 9.17) is 0 Å². The molecule has 0 spiro atoms. The van der Waals surface area contributed by atoms with Crippen LogP contribution in [0.15, 0.2) is 42.7 Å². The van der Waals surface area contributed by atoms with E-state index in [0.29, 0.717) is 11.6 Å². The molecule has 0 aliphatic rings. The van der Waals surface area contributed by atoms with Crippen molar-refractivity contribution >= 4 is 0 Å². The van der Waals surface area contributed by atoms with E-state index in [2.05, 4.69) is 4.98 Å². The second-order valence-electron chi connectivity index (χ2n) is 3.51. The molecule has 0 fully saturated rings. The Bertz CT molecular complexity index is 523. The molecule has 2 nitrogen and oxygen atoms in total. The summed E-state index contributed by atoms with van der Waals surface area (Å²) in [6.07, 6.45) is -1.51. The zero-order chi connectivity index (χ0) is 12.5. The van der Waals surface area contributed by atoms with Gasteiger partial charge < -0.3 is 5.11 Å². The molecule has 0 saturated carbocycles. The van der Waals surface area contributed by atoms with Crippen molar-refractivity contribution in [1.29, 1.82) is 0 Å². The van der Waals surface area contributed by atoms with Crippen molar-refractivity contribution in [3.8, 4) is 16.9 Å². The molecule has 17 heavy (non-hydrogen) atoms. The van der Waals surface area contributed by atoms with Crippen LogP contribution in [0.4, 0.5) is 13.2 Å². The number of phenolic OH excluding ortho intramolecular Hbond substituents is 1. The number of alkyl halides is 3. The van der Waals surface area contributed by atoms with Gasteiger partial charge in [0.2, 0.25) is 0 Å². The molecule has 0 unspecified atom stereocenters. The molecule has 1 N–H and O–H groups in total. The average Bonchev–Trinajstić information content (AvgIpc) is 2.28. The quantitative estimate of drug-likeness (QED) is 0.826. The molecule has 5 heteroatoms. The molecular weight excluding hydrogens is 231 g/mol. The van der Waals surface area contributed by atoms with E-state index in [1.54, 1.807) is 12.1 Å². The van der Waals surface area contributed by atoms with Gasteiger partial charge in [0.15, 0.2) is 0 Å². The van der Waals surface area contributed by atoms with Crippen LogP contribution in [0.3, 0.4) is 0 Å². The third kappa shape index (κ3) is 2.55. The van der Waals surface area contributed by atoms with Gasteiger partial charge in [0.1, 0.15) is 5.75 Å². The van der Waals surface area contributed by atoms with Crippen LogP contribution in [0.1, 0.15) is 5.56 Å². The Morgan fingerprint density at radius 2 is 1.82 bits per heavy atom. The summed E-state index contributed by atoms with van der Waals surface area (Å²) in [5.41, 5.74) is -0.0734. The predicted molar refractivity (Wildman–Crippen MR) is 56.3 cm³/mol. The van der Waals surface area contributed by atoms with Crippen LogP contribution in [0.2, 0.25) is 0 Å². The Hall–Kier alpha value is -2.04. The lowest BCUT2D eigenvalue weighted by molar-refractivity contribution is -0.137. The first-order valence-electron chi connectivity index (χ1n) is 4.78. The Balaban J connectivity index is 2.54. The number of phenols is 1. The van der Waals surface area contributed by atoms with Crippen LogP contribution in [0.5, 0.6) is 5.75 Å². The number of benzene rings is 1. The van der Waals surface area contributed by atoms with Gasteiger partial charge in [-0.1, -0.05) is 6.07 Å². The van der Waals surface area contributed by atoms with E-state index in [9.17, 15) is 18.3 Å². The number of pyridine rings is 1. The highest BCUT2D eigenvalue weighted by molar-refractivity contribution is 5.65. The maximum absolute atomic E-state index is 12.5. The summed E-state index contributed by atoms with van der Waals surface area (Å²) in [5.74, 6) is -0.418. The van der Waals surface area contributed by atoms with Gasteiger partial charge in [-0.2, -0.15) is 13.2 Å². The van der Waals surface area contributed by atoms with Crippen LogP contribution in [-0.2, 0) is 6.18 Å². The van der Waals surface area contributed by atoms with E-state index in [1.807, 2.05) is 0 Å². The summed E-state index contributed by atoms with van der Waals surface area (Å²) in [6, 6.07) is 6.19. The van der Waals surface area contributed by atoms with Crippen LogP contribution >= 0.6 is 0 Å². The first-order chi connectivity index (χ1) is 7.97. The van der Waals surface area contributed by atoms with E-state index >= 15 is 0 Å². The third-order valence-electron chi connectivity index (χ3n) is 2.24. The van der Waals surface area contributed by atoms with Gasteiger partial charge in [-0.15, -0.1) is 0 Å². The van der Waals surface area contributed by atoms with Crippen molar-refractivity contribution in [3.05, 3.63) is 48.3 Å². The van der Waals surface area contributed by atoms with E-state index in [0.717, 1.165) is 6.07 Å². The largest absolute Gasteiger partial charge is 0.508 e. The lowest BCUT2D eigenvalue weighted by atomic mass is 10.0. The van der Waals surface area contributed by atoms with Crippen molar-refractivity contribution in [2.45, 2.75) is 6.18 Å². The van der Waals surface area contributed by atoms with Crippen LogP contribution < -0.4 is 0 Å². The molecular formula is C12H8F3NO. The van der Waals surface area contributed by atoms with Gasteiger partial charge in [0, 0.05) is 18.0 Å². The SMILES string of the molecule is Oc1cc(-c2cccnc2)cc(C(F)(F)F)c1. The Morgan fingerprint density at radius 1 is 1.06 bits per heavy atom. The van der Waals surface area contributed by atoms with Crippen LogP contribution in [0.25, 0.3) is 11.1 Å². The minimum Gasteiger partial charge on any atom is -0.508 e. The third-order valence-corrected chi connectivity index (χ3v) is 2.24. The molecule has 0 amide bonds. The zero-order valence-corrected chi connectivity index (χ0v) is 8.57. The molecule has 1 aromatic heterocycles. The molecule has 0 aliphatic carbocycles. The molecule has 1 heterocycles. The highest BCUT2D eigenvalue weighted by atomic mass is 19.4. The predicted octanol–water partition coefficient (Wildman–Crippen LogP) is 3.47. The van der Waals surface area contributed by atoms with Gasteiger partial charge in [-0.05, 0) is 29.8 Å². The standard InChI is InChI=1S/C12H8F3NO/c13-12(14,15)10-4-9(5-11(17)6-10)8-2-1-3-16-7-8/h1-7,17H. The summed E-state index contributed by atoms with van der Waals surface area (Å²) in [7, 11) is 0. The van der Waals surface area contributed by atoms with Gasteiger partial charge >= 0.3 is 6.18 Å². The van der Waals surface area contributed by atoms with Crippen molar-refractivity contribution < 1.29 is 18.3 Å². The summed E-state index contributed by atoms with van der Waals surface area (Å²) in [6.45, 7) is 0. The van der Waals surface area contributed by atoms with Crippen molar-refractivity contribution in [2.24, 2.45) is 0 Å². The number of aromatic nitrogens is 1. The molecule has 0 radical (unpaired) electrons. The second-order valence-corrected chi connectivity index (χ2v) is 3.51. The lowest BCUT2D eigenvalue weighted by Crippen LogP contribution is -2.04. The first kappa shape index (κ1) is 11.4. The number of rotatable bonds is 1. The minimum absolute atomic E-state index is 0.283. The Morgan fingerprint density at radius 3 is 2.41 bits per heavy atom. The fourth-order valence-corrected chi connectivity index (χ4v) is 1.48. The van der Waals surface area contributed by atoms with E-state index in [1.165, 1.54) is 18.5 Å². The number of halogens is 3. The summed E-state index contributed by atoms with van der Waals surface area (Å²) in [4.78, 5) is 3.82. The number of nitrogens with zero attached hydrogens (tertiary/aromatic N) is 1. The van der Waals surface area contributed by atoms with Crippen molar-refractivity contribution in [1.82, 2.24) is 4.98 Å². The lowest BCUT2D eigenvalue weighted by Gasteiger charge is -2.09. The van der Waals surface area contributed by atoms with Gasteiger partial charge in [0.05, 0.1) is 5.56 Å². The highest BCUT2D eigenvalue weighted by Gasteiger charge is 2.31. The fraction of sp³-hybridized carbons (Fsp3) is 0.0833. The molecule has 2 rings (SSSR count). The second kappa shape index (κ2) is 4.08. The van der Waals surface area contributed by atoms with E-state index in [-0.39, 0.29) is 5.56 Å². The minimum atomic E-state index is -4.48. The van der Waals surface area contributed by atoms with Gasteiger partial charge in [-0.25, -0.2) is 0 Å². The normalized spacial score (nSPS) is 11.5. The van der Waals surface area contributed by atoms with Crippen LogP contribution in [0, 0.1) is 0 Å². The highest BCUT2D eigenvalue weighted by Crippen LogP contribution is 2.34. The van der Waals surface area contributed by atoms with Gasteiger partial charge in [0.25, 0.3) is 0 Å². The molecule has 0 aliphatic heterocycles. The monoisotopic (exact) mass is 239 g/mol. The maximum atomic E-state index is 12.5.